The Balaban J connectivity index is 3.27. The molecule has 0 atom stereocenters. The van der Waals surface area contributed by atoms with Crippen molar-refractivity contribution in [3.05, 3.63) is 0 Å². The molecule has 0 rings (SSSR count). The molecule has 0 aliphatic rings. The lowest BCUT2D eigenvalue weighted by Crippen LogP contribution is -2.40. The Morgan fingerprint density at radius 2 is 1.15 bits per heavy atom. The predicted octanol–water partition coefficient (Wildman–Crippen LogP) is 5.69. The minimum Gasteiger partial charge on any atom is -0.464 e. The Hall–Kier alpha value is -1.27. The first kappa shape index (κ1) is 25.7. The van der Waals surface area contributed by atoms with E-state index in [0.717, 1.165) is 19.3 Å². The largest absolute Gasteiger partial charge is 0.471 e. The molecule has 1 amide bonds. The Morgan fingerprint density at radius 1 is 0.741 bits per heavy atom. The number of hydrogen-bond acceptors (Lipinski definition) is 3. The molecule has 0 aromatic rings. The Labute approximate surface area is 161 Å². The molecule has 1 N–H and O–H groups in total. The number of alkyl halides is 3. The lowest BCUT2D eigenvalue weighted by molar-refractivity contribution is -0.174. The molecule has 0 bridgehead atoms. The lowest BCUT2D eigenvalue weighted by atomic mass is 10.0. The quantitative estimate of drug-likeness (QED) is 0.254. The molecule has 0 fully saturated rings. The number of ether oxygens (including phenoxy) is 1. The van der Waals surface area contributed by atoms with Crippen molar-refractivity contribution >= 4 is 11.9 Å². The number of unbranched alkanes of at least 4 members (excludes halogenated alkanes) is 13. The number of halogens is 3. The average Bonchev–Trinajstić information content (AvgIpc) is 2.62. The van der Waals surface area contributed by atoms with E-state index in [4.69, 9.17) is 4.74 Å². The van der Waals surface area contributed by atoms with Gasteiger partial charge < -0.3 is 10.1 Å². The molecule has 160 valence electrons. The number of rotatable bonds is 17. The van der Waals surface area contributed by atoms with Crippen molar-refractivity contribution in [1.82, 2.24) is 5.32 Å². The van der Waals surface area contributed by atoms with E-state index in [-0.39, 0.29) is 6.61 Å². The van der Waals surface area contributed by atoms with Gasteiger partial charge in [0, 0.05) is 0 Å². The summed E-state index contributed by atoms with van der Waals surface area (Å²) < 4.78 is 40.6. The summed E-state index contributed by atoms with van der Waals surface area (Å²) in [6.45, 7) is 1.66. The van der Waals surface area contributed by atoms with Crippen LogP contribution in [0.3, 0.4) is 0 Å². The van der Waals surface area contributed by atoms with Gasteiger partial charge in [0.1, 0.15) is 6.54 Å². The van der Waals surface area contributed by atoms with Gasteiger partial charge in [-0.2, -0.15) is 13.2 Å². The zero-order chi connectivity index (χ0) is 20.4. The summed E-state index contributed by atoms with van der Waals surface area (Å²) in [6, 6.07) is 0. The monoisotopic (exact) mass is 395 g/mol. The highest BCUT2D eigenvalue weighted by Crippen LogP contribution is 2.14. The second-order valence-electron chi connectivity index (χ2n) is 7.00. The molecular weight excluding hydrogens is 359 g/mol. The van der Waals surface area contributed by atoms with Crippen LogP contribution in [0.1, 0.15) is 96.8 Å². The smallest absolute Gasteiger partial charge is 0.464 e. The van der Waals surface area contributed by atoms with Crippen molar-refractivity contribution in [2.24, 2.45) is 0 Å². The number of carbonyl (C=O) groups is 2. The summed E-state index contributed by atoms with van der Waals surface area (Å²) in [5.41, 5.74) is 0. The van der Waals surface area contributed by atoms with Gasteiger partial charge in [-0.3, -0.25) is 9.59 Å². The number of hydrogen-bond donors (Lipinski definition) is 1. The van der Waals surface area contributed by atoms with Gasteiger partial charge in [-0.1, -0.05) is 90.4 Å². The third-order valence-corrected chi connectivity index (χ3v) is 4.41. The van der Waals surface area contributed by atoms with E-state index < -0.39 is 24.6 Å². The van der Waals surface area contributed by atoms with Crippen LogP contribution in [0.25, 0.3) is 0 Å². The van der Waals surface area contributed by atoms with Crippen molar-refractivity contribution in [2.45, 2.75) is 103 Å². The third-order valence-electron chi connectivity index (χ3n) is 4.41. The lowest BCUT2D eigenvalue weighted by Gasteiger charge is -2.08. The number of amides is 1. The number of nitrogens with one attached hydrogen (secondary N) is 1. The molecule has 4 nitrogen and oxygen atoms in total. The fourth-order valence-electron chi connectivity index (χ4n) is 2.79. The van der Waals surface area contributed by atoms with Crippen LogP contribution in [0.2, 0.25) is 0 Å². The highest BCUT2D eigenvalue weighted by Gasteiger charge is 2.38. The Bertz CT molecular complexity index is 387. The second kappa shape index (κ2) is 16.9. The SMILES string of the molecule is CCCCCCCCCCCCCCCCOC(=O)CNC(=O)C(F)(F)F. The highest BCUT2D eigenvalue weighted by atomic mass is 19.4. The van der Waals surface area contributed by atoms with Crippen molar-refractivity contribution in [3.63, 3.8) is 0 Å². The van der Waals surface area contributed by atoms with Crippen LogP contribution in [-0.2, 0) is 14.3 Å². The summed E-state index contributed by atoms with van der Waals surface area (Å²) in [4.78, 5) is 21.7. The Morgan fingerprint density at radius 3 is 1.56 bits per heavy atom. The molecule has 0 radical (unpaired) electrons. The van der Waals surface area contributed by atoms with E-state index in [0.29, 0.717) is 6.42 Å². The summed E-state index contributed by atoms with van der Waals surface area (Å²) in [5.74, 6) is -2.97. The van der Waals surface area contributed by atoms with E-state index in [1.807, 2.05) is 0 Å². The van der Waals surface area contributed by atoms with E-state index in [9.17, 15) is 22.8 Å². The molecule has 7 heteroatoms. The molecule has 0 heterocycles. The zero-order valence-electron chi connectivity index (χ0n) is 16.7. The molecule has 0 spiro atoms. The van der Waals surface area contributed by atoms with Crippen LogP contribution in [0.4, 0.5) is 13.2 Å². The van der Waals surface area contributed by atoms with E-state index in [1.54, 1.807) is 0 Å². The van der Waals surface area contributed by atoms with Gasteiger partial charge in [-0.25, -0.2) is 0 Å². The molecule has 0 saturated heterocycles. The average molecular weight is 396 g/mol. The van der Waals surface area contributed by atoms with Gasteiger partial charge in [-0.05, 0) is 6.42 Å². The van der Waals surface area contributed by atoms with E-state index in [2.05, 4.69) is 6.92 Å². The summed E-state index contributed by atoms with van der Waals surface area (Å²) >= 11 is 0. The molecule has 0 aliphatic carbocycles. The first-order valence-corrected chi connectivity index (χ1v) is 10.4. The maximum Gasteiger partial charge on any atom is 0.471 e. The van der Waals surface area contributed by atoms with Gasteiger partial charge >= 0.3 is 18.1 Å². The molecule has 0 aromatic heterocycles. The van der Waals surface area contributed by atoms with E-state index >= 15 is 0 Å². The molecule has 0 saturated carbocycles. The van der Waals surface area contributed by atoms with Crippen molar-refractivity contribution in [1.29, 1.82) is 0 Å². The topological polar surface area (TPSA) is 55.4 Å². The zero-order valence-corrected chi connectivity index (χ0v) is 16.7. The molecule has 0 aromatic carbocycles. The summed E-state index contributed by atoms with van der Waals surface area (Å²) in [6.07, 6.45) is 12.1. The van der Waals surface area contributed by atoms with E-state index in [1.165, 1.54) is 69.5 Å². The first-order chi connectivity index (χ1) is 12.9. The van der Waals surface area contributed by atoms with Gasteiger partial charge in [-0.15, -0.1) is 0 Å². The highest BCUT2D eigenvalue weighted by molar-refractivity contribution is 5.85. The minimum atomic E-state index is -4.98. The van der Waals surface area contributed by atoms with Gasteiger partial charge in [0.25, 0.3) is 0 Å². The van der Waals surface area contributed by atoms with Crippen molar-refractivity contribution in [3.8, 4) is 0 Å². The number of esters is 1. The summed E-state index contributed by atoms with van der Waals surface area (Å²) in [7, 11) is 0. The minimum absolute atomic E-state index is 0.179. The third kappa shape index (κ3) is 17.9. The first-order valence-electron chi connectivity index (χ1n) is 10.4. The fourth-order valence-corrected chi connectivity index (χ4v) is 2.79. The van der Waals surface area contributed by atoms with Crippen LogP contribution in [0.15, 0.2) is 0 Å². The van der Waals surface area contributed by atoms with Gasteiger partial charge in [0.05, 0.1) is 6.61 Å². The maximum absolute atomic E-state index is 11.9. The van der Waals surface area contributed by atoms with Crippen LogP contribution >= 0.6 is 0 Å². The normalized spacial score (nSPS) is 11.4. The molecule has 27 heavy (non-hydrogen) atoms. The van der Waals surface area contributed by atoms with Gasteiger partial charge in [0.15, 0.2) is 0 Å². The van der Waals surface area contributed by atoms with Crippen LogP contribution in [-0.4, -0.2) is 31.2 Å². The summed E-state index contributed by atoms with van der Waals surface area (Å²) in [5, 5.41) is 1.49. The molecular formula is C20H36F3NO3. The van der Waals surface area contributed by atoms with Crippen LogP contribution in [0, 0.1) is 0 Å². The molecule has 0 aliphatic heterocycles. The van der Waals surface area contributed by atoms with Crippen LogP contribution in [0.5, 0.6) is 0 Å². The number of carbonyl (C=O) groups excluding carboxylic acids is 2. The van der Waals surface area contributed by atoms with Crippen molar-refractivity contribution in [2.75, 3.05) is 13.2 Å². The van der Waals surface area contributed by atoms with Gasteiger partial charge in [0.2, 0.25) is 0 Å². The second-order valence-corrected chi connectivity index (χ2v) is 7.00. The van der Waals surface area contributed by atoms with Crippen LogP contribution < -0.4 is 5.32 Å². The predicted molar refractivity (Wildman–Crippen MR) is 100 cm³/mol. The standard InChI is InChI=1S/C20H36F3NO3/c1-2-3-4-5-6-7-8-9-10-11-12-13-14-15-16-27-18(25)17-24-19(26)20(21,22)23/h2-17H2,1H3,(H,24,26). The Kier molecular flexibility index (Phi) is 16.1. The maximum atomic E-state index is 11.9. The van der Waals surface area contributed by atoms with Crippen molar-refractivity contribution < 1.29 is 27.5 Å². The fraction of sp³-hybridized carbons (Fsp3) is 0.900. The molecule has 0 unspecified atom stereocenters.